The Kier molecular flexibility index (Phi) is 3.50. The summed E-state index contributed by atoms with van der Waals surface area (Å²) in [4.78, 5) is 0. The third-order valence-electron chi connectivity index (χ3n) is 5.37. The molecule has 2 saturated carbocycles. The first-order valence-corrected chi connectivity index (χ1v) is 8.43. The number of halogens is 1. The van der Waals surface area contributed by atoms with E-state index < -0.39 is 0 Å². The molecular weight excluding hydrogens is 286 g/mol. The van der Waals surface area contributed by atoms with Gasteiger partial charge in [0, 0.05) is 23.6 Å². The summed E-state index contributed by atoms with van der Waals surface area (Å²) in [6.45, 7) is 1.41. The Bertz CT molecular complexity index is 538. The lowest BCUT2D eigenvalue weighted by Gasteiger charge is -2.21. The van der Waals surface area contributed by atoms with E-state index >= 15 is 0 Å². The SMILES string of the molecule is CNC(c1cc2c(cc1Cl)OCCCO2)C1C2CCCC21. The molecule has 3 nitrogen and oxygen atoms in total. The molecule has 1 N–H and O–H groups in total. The molecule has 1 aromatic rings. The molecule has 4 rings (SSSR count). The summed E-state index contributed by atoms with van der Waals surface area (Å²) in [6, 6.07) is 4.36. The van der Waals surface area contributed by atoms with Gasteiger partial charge in [-0.05, 0) is 49.3 Å². The molecule has 0 spiro atoms. The van der Waals surface area contributed by atoms with Crippen molar-refractivity contribution in [3.8, 4) is 11.5 Å². The molecule has 2 fully saturated rings. The first-order valence-electron chi connectivity index (χ1n) is 8.06. The van der Waals surface area contributed by atoms with Crippen LogP contribution in [0.2, 0.25) is 5.02 Å². The maximum atomic E-state index is 6.54. The van der Waals surface area contributed by atoms with Gasteiger partial charge in [0.2, 0.25) is 0 Å². The lowest BCUT2D eigenvalue weighted by Crippen LogP contribution is -2.21. The van der Waals surface area contributed by atoms with Crippen LogP contribution in [-0.4, -0.2) is 20.3 Å². The van der Waals surface area contributed by atoms with Gasteiger partial charge in [0.1, 0.15) is 0 Å². The summed E-state index contributed by atoms with van der Waals surface area (Å²) in [5.74, 6) is 4.17. The molecule has 4 heteroatoms. The minimum Gasteiger partial charge on any atom is -0.490 e. The average Bonchev–Trinajstić information content (AvgIpc) is 3.03. The fraction of sp³-hybridized carbons (Fsp3) is 0.647. The van der Waals surface area contributed by atoms with Crippen molar-refractivity contribution in [1.82, 2.24) is 5.32 Å². The monoisotopic (exact) mass is 307 g/mol. The molecule has 0 radical (unpaired) electrons. The minimum absolute atomic E-state index is 0.338. The molecule has 3 atom stereocenters. The number of hydrogen-bond donors (Lipinski definition) is 1. The molecule has 3 aliphatic rings. The zero-order chi connectivity index (χ0) is 14.4. The van der Waals surface area contributed by atoms with Crippen molar-refractivity contribution < 1.29 is 9.47 Å². The van der Waals surface area contributed by atoms with Crippen LogP contribution in [0.15, 0.2) is 12.1 Å². The van der Waals surface area contributed by atoms with Crippen LogP contribution in [0.4, 0.5) is 0 Å². The second-order valence-electron chi connectivity index (χ2n) is 6.47. The minimum atomic E-state index is 0.338. The van der Waals surface area contributed by atoms with Crippen molar-refractivity contribution >= 4 is 11.6 Å². The average molecular weight is 308 g/mol. The predicted octanol–water partition coefficient (Wildman–Crippen LogP) is 3.81. The highest BCUT2D eigenvalue weighted by Gasteiger charge is 2.56. The summed E-state index contributed by atoms with van der Waals surface area (Å²) in [6.07, 6.45) is 5.09. The molecule has 114 valence electrons. The van der Waals surface area contributed by atoms with Crippen molar-refractivity contribution in [3.05, 3.63) is 22.7 Å². The highest BCUT2D eigenvalue weighted by atomic mass is 35.5. The third-order valence-corrected chi connectivity index (χ3v) is 5.70. The topological polar surface area (TPSA) is 30.5 Å². The van der Waals surface area contributed by atoms with E-state index in [-0.39, 0.29) is 0 Å². The van der Waals surface area contributed by atoms with Gasteiger partial charge in [-0.15, -0.1) is 0 Å². The maximum Gasteiger partial charge on any atom is 0.162 e. The van der Waals surface area contributed by atoms with Gasteiger partial charge in [-0.2, -0.15) is 0 Å². The normalized spacial score (nSPS) is 31.4. The van der Waals surface area contributed by atoms with Gasteiger partial charge in [0.15, 0.2) is 11.5 Å². The van der Waals surface area contributed by atoms with Crippen molar-refractivity contribution in [2.75, 3.05) is 20.3 Å². The van der Waals surface area contributed by atoms with Gasteiger partial charge < -0.3 is 14.8 Å². The van der Waals surface area contributed by atoms with Crippen LogP contribution in [0.3, 0.4) is 0 Å². The van der Waals surface area contributed by atoms with Crippen LogP contribution in [-0.2, 0) is 0 Å². The van der Waals surface area contributed by atoms with Gasteiger partial charge in [-0.3, -0.25) is 0 Å². The second-order valence-corrected chi connectivity index (χ2v) is 6.88. The number of ether oxygens (including phenoxy) is 2. The molecule has 0 amide bonds. The van der Waals surface area contributed by atoms with Crippen LogP contribution in [0.1, 0.15) is 37.3 Å². The Morgan fingerprint density at radius 3 is 2.43 bits per heavy atom. The Hall–Kier alpha value is -0.930. The lowest BCUT2D eigenvalue weighted by atomic mass is 9.96. The summed E-state index contributed by atoms with van der Waals surface area (Å²) in [5.41, 5.74) is 1.17. The van der Waals surface area contributed by atoms with Crippen molar-refractivity contribution in [2.45, 2.75) is 31.7 Å². The highest BCUT2D eigenvalue weighted by molar-refractivity contribution is 6.31. The van der Waals surface area contributed by atoms with Gasteiger partial charge in [0.25, 0.3) is 0 Å². The summed E-state index contributed by atoms with van der Waals surface area (Å²) in [7, 11) is 2.04. The highest BCUT2D eigenvalue weighted by Crippen LogP contribution is 2.62. The number of rotatable bonds is 3. The van der Waals surface area contributed by atoms with Crippen LogP contribution in [0.5, 0.6) is 11.5 Å². The zero-order valence-electron chi connectivity index (χ0n) is 12.4. The van der Waals surface area contributed by atoms with Crippen molar-refractivity contribution in [2.24, 2.45) is 17.8 Å². The predicted molar refractivity (Wildman–Crippen MR) is 83.2 cm³/mol. The van der Waals surface area contributed by atoms with E-state index in [1.165, 1.54) is 24.8 Å². The van der Waals surface area contributed by atoms with E-state index in [2.05, 4.69) is 11.4 Å². The van der Waals surface area contributed by atoms with E-state index in [1.54, 1.807) is 0 Å². The molecule has 0 bridgehead atoms. The zero-order valence-corrected chi connectivity index (χ0v) is 13.2. The fourth-order valence-electron chi connectivity index (χ4n) is 4.36. The molecule has 2 aliphatic carbocycles. The molecule has 0 aromatic heterocycles. The smallest absolute Gasteiger partial charge is 0.162 e. The number of nitrogens with one attached hydrogen (secondary N) is 1. The number of benzene rings is 1. The van der Waals surface area contributed by atoms with E-state index in [0.717, 1.165) is 40.7 Å². The molecular formula is C17H22ClNO2. The largest absolute Gasteiger partial charge is 0.490 e. The van der Waals surface area contributed by atoms with Crippen LogP contribution >= 0.6 is 11.6 Å². The van der Waals surface area contributed by atoms with E-state index in [1.807, 2.05) is 13.1 Å². The summed E-state index contributed by atoms with van der Waals surface area (Å²) in [5, 5.41) is 4.29. The second kappa shape index (κ2) is 5.36. The Balaban J connectivity index is 1.65. The van der Waals surface area contributed by atoms with Gasteiger partial charge >= 0.3 is 0 Å². The molecule has 1 aliphatic heterocycles. The Labute approximate surface area is 131 Å². The van der Waals surface area contributed by atoms with Crippen molar-refractivity contribution in [3.63, 3.8) is 0 Å². The standard InChI is InChI=1S/C17H22ClNO2/c1-19-17(16-10-4-2-5-11(10)16)12-8-14-15(9-13(12)18)21-7-3-6-20-14/h8-11,16-17,19H,2-7H2,1H3. The van der Waals surface area contributed by atoms with Gasteiger partial charge in [-0.1, -0.05) is 18.0 Å². The summed E-state index contributed by atoms with van der Waals surface area (Å²) >= 11 is 6.54. The van der Waals surface area contributed by atoms with E-state index in [9.17, 15) is 0 Å². The van der Waals surface area contributed by atoms with Gasteiger partial charge in [-0.25, -0.2) is 0 Å². The quantitative estimate of drug-likeness (QED) is 0.921. The first kappa shape index (κ1) is 13.7. The number of hydrogen-bond acceptors (Lipinski definition) is 3. The molecule has 21 heavy (non-hydrogen) atoms. The lowest BCUT2D eigenvalue weighted by molar-refractivity contribution is 0.297. The maximum absolute atomic E-state index is 6.54. The van der Waals surface area contributed by atoms with Crippen molar-refractivity contribution in [1.29, 1.82) is 0 Å². The van der Waals surface area contributed by atoms with Crippen LogP contribution in [0.25, 0.3) is 0 Å². The van der Waals surface area contributed by atoms with Crippen LogP contribution < -0.4 is 14.8 Å². The summed E-state index contributed by atoms with van der Waals surface area (Å²) < 4.78 is 11.5. The first-order chi connectivity index (χ1) is 10.3. The molecule has 1 aromatic carbocycles. The van der Waals surface area contributed by atoms with Crippen LogP contribution in [0, 0.1) is 17.8 Å². The Morgan fingerprint density at radius 2 is 1.76 bits per heavy atom. The molecule has 0 saturated heterocycles. The molecule has 1 heterocycles. The Morgan fingerprint density at radius 1 is 1.10 bits per heavy atom. The number of fused-ring (bicyclic) bond motifs is 2. The van der Waals surface area contributed by atoms with E-state index in [4.69, 9.17) is 21.1 Å². The molecule has 3 unspecified atom stereocenters. The van der Waals surface area contributed by atoms with Gasteiger partial charge in [0.05, 0.1) is 13.2 Å². The third kappa shape index (κ3) is 2.31. The fourth-order valence-corrected chi connectivity index (χ4v) is 4.64. The van der Waals surface area contributed by atoms with E-state index in [0.29, 0.717) is 19.3 Å².